The molecule has 4 aromatic rings. The predicted octanol–water partition coefficient (Wildman–Crippen LogP) is 9.04. The lowest BCUT2D eigenvalue weighted by molar-refractivity contribution is 0.0463. The van der Waals surface area contributed by atoms with Gasteiger partial charge in [0.05, 0.1) is 26.3 Å². The van der Waals surface area contributed by atoms with E-state index in [1.807, 2.05) is 28.8 Å². The highest BCUT2D eigenvalue weighted by Crippen LogP contribution is 2.32. The summed E-state index contributed by atoms with van der Waals surface area (Å²) in [6, 6.07) is 25.3. The third-order valence-corrected chi connectivity index (χ3v) is 11.4. The molecule has 1 unspecified atom stereocenters. The van der Waals surface area contributed by atoms with Crippen LogP contribution in [0.1, 0.15) is 61.8 Å². The number of para-hydroxylation sites is 1. The molecule has 0 saturated carbocycles. The summed E-state index contributed by atoms with van der Waals surface area (Å²) in [6.07, 6.45) is 4.32. The van der Waals surface area contributed by atoms with Gasteiger partial charge >= 0.3 is 6.03 Å². The van der Waals surface area contributed by atoms with Gasteiger partial charge in [-0.3, -0.25) is 5.32 Å². The molecule has 0 fully saturated rings. The first-order chi connectivity index (χ1) is 20.0. The Morgan fingerprint density at radius 2 is 1.55 bits per heavy atom. The number of anilines is 2. The zero-order chi connectivity index (χ0) is 30.3. The van der Waals surface area contributed by atoms with Crippen LogP contribution in [0.3, 0.4) is 0 Å². The summed E-state index contributed by atoms with van der Waals surface area (Å²) < 4.78 is 8.49. The standard InChI is InChI=1S/C34H43ClN4O2Si/c1-24(2)28-16-12-17-29(25(3)4)33(28)38-34(40)37-31-20-39(22-36-31)23-41-32(19-26-13-8-7-9-14-26)42(5,6)21-27-15-10-11-18-30(27)35/h7-18,20,22,24-25,32H,19,21,23H2,1-6H3,(H2,37,38,40). The van der Waals surface area contributed by atoms with Crippen molar-refractivity contribution in [3.05, 3.63) is 113 Å². The van der Waals surface area contributed by atoms with Gasteiger partial charge in [-0.05, 0) is 52.6 Å². The van der Waals surface area contributed by atoms with E-state index in [4.69, 9.17) is 16.3 Å². The van der Waals surface area contributed by atoms with E-state index in [0.717, 1.165) is 39.9 Å². The van der Waals surface area contributed by atoms with Gasteiger partial charge < -0.3 is 14.6 Å². The Kier molecular flexibility index (Phi) is 10.7. The van der Waals surface area contributed by atoms with Crippen LogP contribution >= 0.6 is 11.6 Å². The molecule has 0 bridgehead atoms. The maximum Gasteiger partial charge on any atom is 0.324 e. The van der Waals surface area contributed by atoms with Crippen LogP contribution in [0.4, 0.5) is 16.3 Å². The van der Waals surface area contributed by atoms with Gasteiger partial charge in [-0.2, -0.15) is 0 Å². The molecule has 1 aromatic heterocycles. The van der Waals surface area contributed by atoms with Crippen LogP contribution in [-0.4, -0.2) is 29.4 Å². The quantitative estimate of drug-likeness (QED) is 0.159. The van der Waals surface area contributed by atoms with Crippen molar-refractivity contribution in [2.75, 3.05) is 10.6 Å². The van der Waals surface area contributed by atoms with Crippen LogP contribution < -0.4 is 10.6 Å². The number of carbonyl (C=O) groups is 1. The van der Waals surface area contributed by atoms with Crippen molar-refractivity contribution in [1.82, 2.24) is 9.55 Å². The minimum atomic E-state index is -1.95. The molecule has 2 amide bonds. The van der Waals surface area contributed by atoms with Gasteiger partial charge in [0.15, 0.2) is 5.82 Å². The second-order valence-electron chi connectivity index (χ2n) is 12.2. The normalized spacial score (nSPS) is 12.5. The fourth-order valence-electron chi connectivity index (χ4n) is 5.26. The number of hydrogen-bond donors (Lipinski definition) is 2. The SMILES string of the molecule is CC(C)c1cccc(C(C)C)c1NC(=O)Nc1cn(COC(Cc2ccccc2)[Si](C)(C)Cc2ccccc2Cl)cn1. The summed E-state index contributed by atoms with van der Waals surface area (Å²) in [5.74, 6) is 1.03. The molecule has 0 radical (unpaired) electrons. The van der Waals surface area contributed by atoms with E-state index in [0.29, 0.717) is 12.5 Å². The fourth-order valence-corrected chi connectivity index (χ4v) is 8.41. The highest BCUT2D eigenvalue weighted by atomic mass is 35.5. The van der Waals surface area contributed by atoms with Crippen molar-refractivity contribution < 1.29 is 9.53 Å². The number of halogens is 1. The molecule has 6 nitrogen and oxygen atoms in total. The van der Waals surface area contributed by atoms with E-state index in [-0.39, 0.29) is 23.6 Å². The molecule has 4 rings (SSSR count). The minimum Gasteiger partial charge on any atom is -0.361 e. The Morgan fingerprint density at radius 1 is 0.905 bits per heavy atom. The van der Waals surface area contributed by atoms with E-state index >= 15 is 0 Å². The number of aromatic nitrogens is 2. The van der Waals surface area contributed by atoms with Crippen LogP contribution in [0, 0.1) is 0 Å². The predicted molar refractivity (Wildman–Crippen MR) is 177 cm³/mol. The number of imidazole rings is 1. The molecular weight excluding hydrogens is 560 g/mol. The maximum absolute atomic E-state index is 13.0. The second kappa shape index (κ2) is 14.2. The summed E-state index contributed by atoms with van der Waals surface area (Å²) >= 11 is 6.54. The molecule has 0 spiro atoms. The third kappa shape index (κ3) is 8.34. The van der Waals surface area contributed by atoms with Crippen molar-refractivity contribution in [3.63, 3.8) is 0 Å². The van der Waals surface area contributed by atoms with E-state index in [1.165, 1.54) is 5.56 Å². The fraction of sp³-hybridized carbons (Fsp3) is 0.353. The number of urea groups is 1. The van der Waals surface area contributed by atoms with Crippen molar-refractivity contribution in [2.24, 2.45) is 0 Å². The Morgan fingerprint density at radius 3 is 2.19 bits per heavy atom. The van der Waals surface area contributed by atoms with Gasteiger partial charge in [-0.15, -0.1) is 0 Å². The first-order valence-corrected chi connectivity index (χ1v) is 18.3. The summed E-state index contributed by atoms with van der Waals surface area (Å²) in [5, 5.41) is 6.79. The zero-order valence-corrected chi connectivity index (χ0v) is 27.3. The van der Waals surface area contributed by atoms with Gasteiger partial charge in [-0.25, -0.2) is 9.78 Å². The minimum absolute atomic E-state index is 0.0419. The van der Waals surface area contributed by atoms with Crippen LogP contribution in [-0.2, 0) is 23.9 Å². The van der Waals surface area contributed by atoms with Crippen LogP contribution in [0.2, 0.25) is 18.1 Å². The van der Waals surface area contributed by atoms with Crippen LogP contribution in [0.15, 0.2) is 85.3 Å². The van der Waals surface area contributed by atoms with Crippen molar-refractivity contribution in [1.29, 1.82) is 0 Å². The monoisotopic (exact) mass is 602 g/mol. The number of nitrogens with one attached hydrogen (secondary N) is 2. The Labute approximate surface area is 256 Å². The molecule has 3 aromatic carbocycles. The molecule has 2 N–H and O–H groups in total. The molecule has 1 heterocycles. The number of rotatable bonds is 12. The number of nitrogens with zero attached hydrogens (tertiary/aromatic N) is 2. The largest absolute Gasteiger partial charge is 0.361 e. The topological polar surface area (TPSA) is 68.2 Å². The molecule has 0 aliphatic heterocycles. The average molecular weight is 603 g/mol. The second-order valence-corrected chi connectivity index (χ2v) is 17.6. The number of hydrogen-bond acceptors (Lipinski definition) is 3. The molecule has 1 atom stereocenters. The van der Waals surface area contributed by atoms with E-state index < -0.39 is 8.07 Å². The Hall–Kier alpha value is -3.39. The summed E-state index contributed by atoms with van der Waals surface area (Å²) in [5.41, 5.74) is 5.55. The first kappa shape index (κ1) is 31.5. The van der Waals surface area contributed by atoms with Crippen LogP contribution in [0.25, 0.3) is 0 Å². The third-order valence-electron chi connectivity index (χ3n) is 7.65. The van der Waals surface area contributed by atoms with Crippen LogP contribution in [0.5, 0.6) is 0 Å². The first-order valence-electron chi connectivity index (χ1n) is 14.6. The van der Waals surface area contributed by atoms with E-state index in [1.54, 1.807) is 12.5 Å². The zero-order valence-electron chi connectivity index (χ0n) is 25.5. The highest BCUT2D eigenvalue weighted by Gasteiger charge is 2.34. The lowest BCUT2D eigenvalue weighted by atomic mass is 9.93. The van der Waals surface area contributed by atoms with Gasteiger partial charge in [0, 0.05) is 10.7 Å². The van der Waals surface area contributed by atoms with Gasteiger partial charge in [0.25, 0.3) is 0 Å². The number of carbonyl (C=O) groups excluding carboxylic acids is 1. The van der Waals surface area contributed by atoms with E-state index in [2.05, 4.69) is 105 Å². The molecule has 222 valence electrons. The maximum atomic E-state index is 13.0. The van der Waals surface area contributed by atoms with Crippen molar-refractivity contribution in [2.45, 2.75) is 77.5 Å². The summed E-state index contributed by atoms with van der Waals surface area (Å²) in [6.45, 7) is 13.6. The summed E-state index contributed by atoms with van der Waals surface area (Å²) in [7, 11) is -1.95. The molecule has 0 saturated heterocycles. The van der Waals surface area contributed by atoms with E-state index in [9.17, 15) is 4.79 Å². The van der Waals surface area contributed by atoms with Crippen molar-refractivity contribution >= 4 is 37.2 Å². The van der Waals surface area contributed by atoms with Gasteiger partial charge in [0.1, 0.15) is 6.73 Å². The van der Waals surface area contributed by atoms with Crippen molar-refractivity contribution in [3.8, 4) is 0 Å². The number of amides is 2. The average Bonchev–Trinajstić information content (AvgIpc) is 3.39. The van der Waals surface area contributed by atoms with Gasteiger partial charge in [-0.1, -0.05) is 119 Å². The summed E-state index contributed by atoms with van der Waals surface area (Å²) in [4.78, 5) is 17.5. The number of benzene rings is 3. The molecule has 0 aliphatic rings. The molecular formula is C34H43ClN4O2Si. The highest BCUT2D eigenvalue weighted by molar-refractivity contribution is 6.78. The molecule has 8 heteroatoms. The number of ether oxygens (including phenoxy) is 1. The lowest BCUT2D eigenvalue weighted by Crippen LogP contribution is -2.47. The molecule has 0 aliphatic carbocycles. The Balaban J connectivity index is 1.45. The smallest absolute Gasteiger partial charge is 0.324 e. The lowest BCUT2D eigenvalue weighted by Gasteiger charge is -2.33. The van der Waals surface area contributed by atoms with Gasteiger partial charge in [0.2, 0.25) is 0 Å². The molecule has 42 heavy (non-hydrogen) atoms. The Bertz CT molecular complexity index is 1440.